The van der Waals surface area contributed by atoms with Gasteiger partial charge in [-0.05, 0) is 19.9 Å². The van der Waals surface area contributed by atoms with Crippen molar-refractivity contribution in [3.05, 3.63) is 24.2 Å². The van der Waals surface area contributed by atoms with E-state index < -0.39 is 0 Å². The largest absolute Gasteiger partial charge is 0.472 e. The fourth-order valence-electron chi connectivity index (χ4n) is 1.90. The van der Waals surface area contributed by atoms with Crippen LogP contribution in [-0.2, 0) is 4.74 Å². The van der Waals surface area contributed by atoms with Crippen LogP contribution in [0.4, 0.5) is 0 Å². The Kier molecular flexibility index (Phi) is 5.52. The fraction of sp³-hybridized carbons (Fsp3) is 0.667. The summed E-state index contributed by atoms with van der Waals surface area (Å²) in [6, 6.07) is 2.60. The first kappa shape index (κ1) is 13.2. The van der Waals surface area contributed by atoms with Gasteiger partial charge in [-0.3, -0.25) is 4.90 Å². The van der Waals surface area contributed by atoms with Crippen LogP contribution in [-0.4, -0.2) is 37.7 Å². The summed E-state index contributed by atoms with van der Waals surface area (Å²) in [6.45, 7) is 6.51. The van der Waals surface area contributed by atoms with E-state index in [9.17, 15) is 0 Å². The molecule has 4 nitrogen and oxygen atoms in total. The Hall–Kier alpha value is -0.840. The van der Waals surface area contributed by atoms with Crippen LogP contribution in [0.1, 0.15) is 25.5 Å². The molecule has 16 heavy (non-hydrogen) atoms. The van der Waals surface area contributed by atoms with Crippen LogP contribution < -0.4 is 5.73 Å². The van der Waals surface area contributed by atoms with Crippen molar-refractivity contribution in [3.63, 3.8) is 0 Å². The van der Waals surface area contributed by atoms with Crippen LogP contribution >= 0.6 is 0 Å². The molecule has 1 aromatic rings. The quantitative estimate of drug-likeness (QED) is 0.768. The third kappa shape index (κ3) is 3.33. The Labute approximate surface area is 97.4 Å². The molecule has 0 saturated carbocycles. The maximum absolute atomic E-state index is 5.85. The minimum atomic E-state index is 0.203. The van der Waals surface area contributed by atoms with Gasteiger partial charge in [-0.2, -0.15) is 0 Å². The van der Waals surface area contributed by atoms with Gasteiger partial charge in [-0.15, -0.1) is 0 Å². The lowest BCUT2D eigenvalue weighted by atomic mass is 10.1. The van der Waals surface area contributed by atoms with Gasteiger partial charge in [0.1, 0.15) is 0 Å². The van der Waals surface area contributed by atoms with E-state index in [2.05, 4.69) is 18.7 Å². The van der Waals surface area contributed by atoms with E-state index in [1.165, 1.54) is 0 Å². The number of rotatable bonds is 7. The molecule has 0 spiro atoms. The molecule has 0 aliphatic heterocycles. The first-order chi connectivity index (χ1) is 7.70. The Bertz CT molecular complexity index is 273. The third-order valence-electron chi connectivity index (χ3n) is 2.77. The Balaban J connectivity index is 2.73. The first-order valence-electron chi connectivity index (χ1n) is 5.67. The summed E-state index contributed by atoms with van der Waals surface area (Å²) in [4.78, 5) is 2.33. The standard InChI is InChI=1S/C12H22N2O2/c1-10(2)14(5-7-15-3)12(8-13)11-4-6-16-9-11/h4,6,9-10,12H,5,7-8,13H2,1-3H3. The predicted octanol–water partition coefficient (Wildman–Crippen LogP) is 1.64. The molecule has 0 amide bonds. The van der Waals surface area contributed by atoms with Crippen molar-refractivity contribution in [3.8, 4) is 0 Å². The van der Waals surface area contributed by atoms with Crippen LogP contribution in [0.5, 0.6) is 0 Å². The van der Waals surface area contributed by atoms with E-state index in [1.807, 2.05) is 6.07 Å². The zero-order valence-corrected chi connectivity index (χ0v) is 10.3. The van der Waals surface area contributed by atoms with Crippen LogP contribution in [0.25, 0.3) is 0 Å². The second kappa shape index (κ2) is 6.68. The molecule has 0 saturated heterocycles. The van der Waals surface area contributed by atoms with E-state index in [1.54, 1.807) is 19.6 Å². The van der Waals surface area contributed by atoms with Gasteiger partial charge >= 0.3 is 0 Å². The van der Waals surface area contributed by atoms with E-state index >= 15 is 0 Å². The van der Waals surface area contributed by atoms with Crippen molar-refractivity contribution in [2.24, 2.45) is 5.73 Å². The highest BCUT2D eigenvalue weighted by Crippen LogP contribution is 2.22. The molecule has 0 aliphatic rings. The number of methoxy groups -OCH3 is 1. The fourth-order valence-corrected chi connectivity index (χ4v) is 1.90. The molecule has 1 aromatic heterocycles. The molecule has 1 heterocycles. The second-order valence-corrected chi connectivity index (χ2v) is 4.13. The molecule has 1 rings (SSSR count). The number of furan rings is 1. The molecule has 0 bridgehead atoms. The van der Waals surface area contributed by atoms with Crippen LogP contribution in [0.15, 0.2) is 23.0 Å². The number of hydrogen-bond acceptors (Lipinski definition) is 4. The van der Waals surface area contributed by atoms with Crippen molar-refractivity contribution in [2.75, 3.05) is 26.8 Å². The molecule has 0 aliphatic carbocycles. The van der Waals surface area contributed by atoms with E-state index in [0.717, 1.165) is 12.1 Å². The minimum Gasteiger partial charge on any atom is -0.472 e. The van der Waals surface area contributed by atoms with E-state index in [-0.39, 0.29) is 6.04 Å². The summed E-state index contributed by atoms with van der Waals surface area (Å²) >= 11 is 0. The molecule has 92 valence electrons. The molecule has 0 aromatic carbocycles. The highest BCUT2D eigenvalue weighted by atomic mass is 16.5. The average Bonchev–Trinajstić information content (AvgIpc) is 2.76. The Morgan fingerprint density at radius 1 is 1.50 bits per heavy atom. The van der Waals surface area contributed by atoms with Crippen molar-refractivity contribution < 1.29 is 9.15 Å². The van der Waals surface area contributed by atoms with E-state index in [4.69, 9.17) is 14.9 Å². The van der Waals surface area contributed by atoms with E-state index in [0.29, 0.717) is 19.2 Å². The van der Waals surface area contributed by atoms with Gasteiger partial charge < -0.3 is 14.9 Å². The lowest BCUT2D eigenvalue weighted by Gasteiger charge is -2.33. The number of nitrogens with two attached hydrogens (primary N) is 1. The molecule has 1 unspecified atom stereocenters. The Morgan fingerprint density at radius 2 is 2.25 bits per heavy atom. The smallest absolute Gasteiger partial charge is 0.0950 e. The van der Waals surface area contributed by atoms with Gasteiger partial charge in [-0.25, -0.2) is 0 Å². The SMILES string of the molecule is COCCN(C(C)C)C(CN)c1ccoc1. The third-order valence-corrected chi connectivity index (χ3v) is 2.77. The summed E-state index contributed by atoms with van der Waals surface area (Å²) in [5.74, 6) is 0. The molecule has 0 fully saturated rings. The summed E-state index contributed by atoms with van der Waals surface area (Å²) in [6.07, 6.45) is 3.45. The monoisotopic (exact) mass is 226 g/mol. The second-order valence-electron chi connectivity index (χ2n) is 4.13. The number of hydrogen-bond donors (Lipinski definition) is 1. The Morgan fingerprint density at radius 3 is 2.69 bits per heavy atom. The highest BCUT2D eigenvalue weighted by Gasteiger charge is 2.22. The van der Waals surface area contributed by atoms with Crippen molar-refractivity contribution in [2.45, 2.75) is 25.9 Å². The molecule has 0 radical (unpaired) electrons. The maximum Gasteiger partial charge on any atom is 0.0950 e. The summed E-state index contributed by atoms with van der Waals surface area (Å²) in [5.41, 5.74) is 6.98. The van der Waals surface area contributed by atoms with Crippen LogP contribution in [0, 0.1) is 0 Å². The number of ether oxygens (including phenoxy) is 1. The predicted molar refractivity (Wildman–Crippen MR) is 64.2 cm³/mol. The molecular formula is C12H22N2O2. The van der Waals surface area contributed by atoms with Crippen LogP contribution in [0.2, 0.25) is 0 Å². The average molecular weight is 226 g/mol. The van der Waals surface area contributed by atoms with Gasteiger partial charge in [0.25, 0.3) is 0 Å². The summed E-state index contributed by atoms with van der Waals surface area (Å²) in [7, 11) is 1.72. The zero-order chi connectivity index (χ0) is 12.0. The van der Waals surface area contributed by atoms with Crippen molar-refractivity contribution in [1.82, 2.24) is 4.90 Å². The topological polar surface area (TPSA) is 51.6 Å². The van der Waals surface area contributed by atoms with Crippen LogP contribution in [0.3, 0.4) is 0 Å². The first-order valence-corrected chi connectivity index (χ1v) is 5.67. The van der Waals surface area contributed by atoms with Gasteiger partial charge in [0.05, 0.1) is 25.2 Å². The lowest BCUT2D eigenvalue weighted by Crippen LogP contribution is -2.40. The van der Waals surface area contributed by atoms with Crippen molar-refractivity contribution >= 4 is 0 Å². The lowest BCUT2D eigenvalue weighted by molar-refractivity contribution is 0.0977. The van der Waals surface area contributed by atoms with Gasteiger partial charge in [0, 0.05) is 31.8 Å². The summed E-state index contributed by atoms with van der Waals surface area (Å²) < 4.78 is 10.2. The highest BCUT2D eigenvalue weighted by molar-refractivity contribution is 5.12. The van der Waals surface area contributed by atoms with Gasteiger partial charge in [-0.1, -0.05) is 0 Å². The normalized spacial score (nSPS) is 13.6. The van der Waals surface area contributed by atoms with Crippen molar-refractivity contribution in [1.29, 1.82) is 0 Å². The molecule has 1 atom stereocenters. The number of nitrogens with zero attached hydrogens (tertiary/aromatic N) is 1. The zero-order valence-electron chi connectivity index (χ0n) is 10.3. The molecule has 4 heteroatoms. The molecular weight excluding hydrogens is 204 g/mol. The summed E-state index contributed by atoms with van der Waals surface area (Å²) in [5, 5.41) is 0. The van der Waals surface area contributed by atoms with Gasteiger partial charge in [0.15, 0.2) is 0 Å². The minimum absolute atomic E-state index is 0.203. The molecule has 2 N–H and O–H groups in total. The van der Waals surface area contributed by atoms with Gasteiger partial charge in [0.2, 0.25) is 0 Å². The maximum atomic E-state index is 5.85.